The third kappa shape index (κ3) is 6.72. The number of amides is 1. The van der Waals surface area contributed by atoms with Crippen LogP contribution in [0.4, 0.5) is 10.5 Å². The smallest absolute Gasteiger partial charge is 0.411 e. The molecule has 4 aromatic rings. The average molecular weight is 535 g/mol. The lowest BCUT2D eigenvalue weighted by Gasteiger charge is -2.11. The fraction of sp³-hybridized carbons (Fsp3) is 0.207. The van der Waals surface area contributed by atoms with E-state index in [0.29, 0.717) is 46.3 Å². The summed E-state index contributed by atoms with van der Waals surface area (Å²) in [5, 5.41) is 16.5. The number of anilines is 1. The summed E-state index contributed by atoms with van der Waals surface area (Å²) in [6.07, 6.45) is 0.372. The van der Waals surface area contributed by atoms with Crippen molar-refractivity contribution in [2.75, 3.05) is 19.0 Å². The van der Waals surface area contributed by atoms with E-state index >= 15 is 0 Å². The lowest BCUT2D eigenvalue weighted by Crippen LogP contribution is -2.16. The number of nitrogens with zero attached hydrogens (tertiary/aromatic N) is 1. The summed E-state index contributed by atoms with van der Waals surface area (Å²) >= 11 is 6.16. The third-order valence-electron chi connectivity index (χ3n) is 5.96. The summed E-state index contributed by atoms with van der Waals surface area (Å²) < 4.78 is 16.3. The Labute approximate surface area is 225 Å². The molecule has 0 aliphatic rings. The Kier molecular flexibility index (Phi) is 8.66. The largest absolute Gasteiger partial charge is 0.496 e. The number of aromatic nitrogens is 1. The van der Waals surface area contributed by atoms with E-state index < -0.39 is 12.1 Å². The van der Waals surface area contributed by atoms with Gasteiger partial charge < -0.3 is 19.1 Å². The minimum Gasteiger partial charge on any atom is -0.496 e. The Bertz CT molecular complexity index is 1430. The lowest BCUT2D eigenvalue weighted by atomic mass is 9.99. The number of nitrogens with one attached hydrogen (secondary N) is 1. The average Bonchev–Trinajstić information content (AvgIpc) is 3.25. The minimum absolute atomic E-state index is 0.0566. The summed E-state index contributed by atoms with van der Waals surface area (Å²) in [5.41, 5.74) is 5.16. The van der Waals surface area contributed by atoms with E-state index in [1.54, 1.807) is 32.2 Å². The van der Waals surface area contributed by atoms with Gasteiger partial charge in [0.15, 0.2) is 5.76 Å². The first-order chi connectivity index (χ1) is 18.3. The number of carboxylic acid groups (broad SMARTS) is 1. The van der Waals surface area contributed by atoms with Crippen molar-refractivity contribution < 1.29 is 28.7 Å². The molecule has 1 aromatic heterocycles. The zero-order valence-electron chi connectivity index (χ0n) is 21.0. The maximum Gasteiger partial charge on any atom is 0.411 e. The van der Waals surface area contributed by atoms with Crippen LogP contribution in [-0.4, -0.2) is 36.0 Å². The Morgan fingerprint density at radius 3 is 2.47 bits per heavy atom. The van der Waals surface area contributed by atoms with Crippen molar-refractivity contribution in [2.24, 2.45) is 0 Å². The van der Waals surface area contributed by atoms with E-state index in [9.17, 15) is 9.59 Å². The van der Waals surface area contributed by atoms with Crippen molar-refractivity contribution in [1.29, 1.82) is 0 Å². The molecule has 0 atom stereocenters. The lowest BCUT2D eigenvalue weighted by molar-refractivity contribution is -0.136. The number of aliphatic carboxylic acids is 1. The van der Waals surface area contributed by atoms with Gasteiger partial charge in [-0.25, -0.2) is 4.79 Å². The topological polar surface area (TPSA) is 111 Å². The van der Waals surface area contributed by atoms with Gasteiger partial charge in [0.05, 0.1) is 20.1 Å². The number of hydrogen-bond donors (Lipinski definition) is 2. The molecule has 0 saturated carbocycles. The van der Waals surface area contributed by atoms with Gasteiger partial charge in [-0.3, -0.25) is 10.1 Å². The summed E-state index contributed by atoms with van der Waals surface area (Å²) in [7, 11) is 1.58. The van der Waals surface area contributed by atoms with Crippen LogP contribution < -0.4 is 10.1 Å². The van der Waals surface area contributed by atoms with Crippen molar-refractivity contribution in [3.63, 3.8) is 0 Å². The quantitative estimate of drug-likeness (QED) is 0.245. The van der Waals surface area contributed by atoms with Gasteiger partial charge in [-0.2, -0.15) is 0 Å². The molecule has 2 N–H and O–H groups in total. The van der Waals surface area contributed by atoms with E-state index in [0.717, 1.165) is 22.3 Å². The van der Waals surface area contributed by atoms with Crippen molar-refractivity contribution in [3.05, 3.63) is 99.7 Å². The minimum atomic E-state index is -0.887. The van der Waals surface area contributed by atoms with Gasteiger partial charge in [-0.05, 0) is 41.3 Å². The van der Waals surface area contributed by atoms with Crippen LogP contribution >= 0.6 is 11.6 Å². The highest BCUT2D eigenvalue weighted by atomic mass is 35.5. The van der Waals surface area contributed by atoms with Crippen molar-refractivity contribution >= 4 is 29.4 Å². The molecule has 9 heteroatoms. The zero-order valence-corrected chi connectivity index (χ0v) is 21.7. The highest BCUT2D eigenvalue weighted by Gasteiger charge is 2.18. The molecule has 0 unspecified atom stereocenters. The van der Waals surface area contributed by atoms with Crippen LogP contribution in [0.3, 0.4) is 0 Å². The van der Waals surface area contributed by atoms with Crippen molar-refractivity contribution in [2.45, 2.75) is 26.2 Å². The number of ether oxygens (including phenoxy) is 2. The molecular formula is C29H27ClN2O6. The molecule has 0 aliphatic carbocycles. The first-order valence-corrected chi connectivity index (χ1v) is 12.3. The van der Waals surface area contributed by atoms with Gasteiger partial charge in [-0.1, -0.05) is 71.4 Å². The molecule has 4 rings (SSSR count). The molecule has 1 heterocycles. The Balaban J connectivity index is 1.43. The maximum atomic E-state index is 12.4. The van der Waals surface area contributed by atoms with E-state index in [2.05, 4.69) is 10.5 Å². The van der Waals surface area contributed by atoms with Crippen molar-refractivity contribution in [1.82, 2.24) is 5.16 Å². The summed E-state index contributed by atoms with van der Waals surface area (Å²) in [5.74, 6) is 0.216. The van der Waals surface area contributed by atoms with Gasteiger partial charge in [-0.15, -0.1) is 0 Å². The molecular weight excluding hydrogens is 508 g/mol. The molecule has 0 spiro atoms. The maximum absolute atomic E-state index is 12.4. The van der Waals surface area contributed by atoms with Crippen LogP contribution in [0.5, 0.6) is 5.75 Å². The number of methoxy groups -OCH3 is 1. The first-order valence-electron chi connectivity index (χ1n) is 11.9. The highest BCUT2D eigenvalue weighted by molar-refractivity contribution is 6.31. The van der Waals surface area contributed by atoms with Gasteiger partial charge >= 0.3 is 12.1 Å². The molecule has 0 aliphatic heterocycles. The fourth-order valence-corrected chi connectivity index (χ4v) is 4.29. The fourth-order valence-electron chi connectivity index (χ4n) is 4.06. The Morgan fingerprint density at radius 2 is 1.76 bits per heavy atom. The van der Waals surface area contributed by atoms with Crippen LogP contribution in [-0.2, 0) is 28.8 Å². The molecule has 0 bridgehead atoms. The van der Waals surface area contributed by atoms with Gasteiger partial charge in [0.25, 0.3) is 0 Å². The Morgan fingerprint density at radius 1 is 1.03 bits per heavy atom. The first kappa shape index (κ1) is 26.8. The predicted octanol–water partition coefficient (Wildman–Crippen LogP) is 6.32. The van der Waals surface area contributed by atoms with Gasteiger partial charge in [0.2, 0.25) is 0 Å². The standard InChI is InChI=1S/C29H27ClN2O6/c1-18-27(31-29(35)37-14-13-21-5-3-4-6-24(21)30)28(38-32-18)22-10-7-19(8-11-22)15-23-16-20(17-26(33)34)9-12-25(23)36-2/h3-12,16H,13-15,17H2,1-2H3,(H,31,35)(H,33,34). The number of carboxylic acids is 1. The second-order valence-electron chi connectivity index (χ2n) is 8.66. The van der Waals surface area contributed by atoms with Gasteiger partial charge in [0, 0.05) is 23.4 Å². The van der Waals surface area contributed by atoms with Gasteiger partial charge in [0.1, 0.15) is 17.1 Å². The monoisotopic (exact) mass is 534 g/mol. The second kappa shape index (κ2) is 12.3. The van der Waals surface area contributed by atoms with Crippen LogP contribution in [0.15, 0.2) is 71.3 Å². The van der Waals surface area contributed by atoms with Crippen LogP contribution in [0.25, 0.3) is 11.3 Å². The van der Waals surface area contributed by atoms with E-state index in [1.807, 2.05) is 48.5 Å². The number of benzene rings is 3. The third-order valence-corrected chi connectivity index (χ3v) is 6.33. The SMILES string of the molecule is COc1ccc(CC(=O)O)cc1Cc1ccc(-c2onc(C)c2NC(=O)OCCc2ccccc2Cl)cc1. The number of carbonyl (C=O) groups is 2. The van der Waals surface area contributed by atoms with E-state index in [4.69, 9.17) is 30.7 Å². The molecule has 0 radical (unpaired) electrons. The molecule has 1 amide bonds. The number of aryl methyl sites for hydroxylation is 1. The zero-order chi connectivity index (χ0) is 27.1. The molecule has 38 heavy (non-hydrogen) atoms. The number of rotatable bonds is 10. The van der Waals surface area contributed by atoms with Crippen LogP contribution in [0.2, 0.25) is 5.02 Å². The van der Waals surface area contributed by atoms with Crippen LogP contribution in [0, 0.1) is 6.92 Å². The second-order valence-corrected chi connectivity index (χ2v) is 9.07. The number of hydrogen-bond acceptors (Lipinski definition) is 6. The highest BCUT2D eigenvalue weighted by Crippen LogP contribution is 2.32. The number of carbonyl (C=O) groups excluding carboxylic acids is 1. The normalized spacial score (nSPS) is 10.7. The molecule has 0 saturated heterocycles. The molecule has 196 valence electrons. The van der Waals surface area contributed by atoms with Crippen LogP contribution in [0.1, 0.15) is 27.9 Å². The summed E-state index contributed by atoms with van der Waals surface area (Å²) in [6, 6.07) is 20.4. The predicted molar refractivity (Wildman–Crippen MR) is 144 cm³/mol. The van der Waals surface area contributed by atoms with Crippen molar-refractivity contribution in [3.8, 4) is 17.1 Å². The molecule has 8 nitrogen and oxygen atoms in total. The molecule has 3 aromatic carbocycles. The summed E-state index contributed by atoms with van der Waals surface area (Å²) in [4.78, 5) is 23.5. The summed E-state index contributed by atoms with van der Waals surface area (Å²) in [6.45, 7) is 1.90. The Hall–Kier alpha value is -4.30. The van der Waals surface area contributed by atoms with E-state index in [1.165, 1.54) is 0 Å². The van der Waals surface area contributed by atoms with E-state index in [-0.39, 0.29) is 13.0 Å². The molecule has 0 fully saturated rings. The number of halogens is 1.